The molecule has 1 amide bonds. The highest BCUT2D eigenvalue weighted by Gasteiger charge is 2.76. The number of esters is 1. The monoisotopic (exact) mass is 662 g/mol. The summed E-state index contributed by atoms with van der Waals surface area (Å²) in [6, 6.07) is 14.2. The molecule has 6 rings (SSSR count). The third-order valence-electron chi connectivity index (χ3n) is 10.3. The normalized spacial score (nSPS) is 28.8. The minimum absolute atomic E-state index is 0.0678. The third kappa shape index (κ3) is 6.78. The molecule has 4 aliphatic rings. The number of phenols is 1. The molecule has 1 aliphatic carbocycles. The van der Waals surface area contributed by atoms with Gasteiger partial charge in [0.05, 0.1) is 13.2 Å². The molecule has 0 aromatic heterocycles. The zero-order valence-corrected chi connectivity index (χ0v) is 28.1. The molecule has 3 aliphatic heterocycles. The lowest BCUT2D eigenvalue weighted by Crippen LogP contribution is -2.69. The number of amides is 1. The van der Waals surface area contributed by atoms with Crippen LogP contribution in [-0.2, 0) is 41.6 Å². The summed E-state index contributed by atoms with van der Waals surface area (Å²) in [5.41, 5.74) is 1.43. The van der Waals surface area contributed by atoms with Gasteiger partial charge in [0.2, 0.25) is 5.91 Å². The van der Waals surface area contributed by atoms with Crippen molar-refractivity contribution in [3.05, 3.63) is 71.3 Å². The molecule has 0 radical (unpaired) electrons. The molecule has 2 unspecified atom stereocenters. The van der Waals surface area contributed by atoms with Gasteiger partial charge < -0.3 is 29.7 Å². The molecule has 2 aromatic carbocycles. The molecule has 4 fully saturated rings. The molecule has 3 heterocycles. The number of fused-ring (bicyclic) bond motifs is 4. The summed E-state index contributed by atoms with van der Waals surface area (Å²) in [4.78, 5) is 34.7. The lowest BCUT2D eigenvalue weighted by molar-refractivity contribution is -0.224. The summed E-state index contributed by atoms with van der Waals surface area (Å²) in [5, 5.41) is 24.1. The van der Waals surface area contributed by atoms with Gasteiger partial charge in [0.1, 0.15) is 35.6 Å². The van der Waals surface area contributed by atoms with E-state index in [1.165, 1.54) is 0 Å². The van der Waals surface area contributed by atoms with E-state index in [2.05, 4.69) is 19.2 Å². The molecule has 3 saturated heterocycles. The molecule has 2 aromatic rings. The van der Waals surface area contributed by atoms with E-state index in [1.54, 1.807) is 17.2 Å². The number of hydrogen-bond donors (Lipinski definition) is 3. The fourth-order valence-electron chi connectivity index (χ4n) is 8.01. The van der Waals surface area contributed by atoms with Gasteiger partial charge in [0.15, 0.2) is 11.8 Å². The average molecular weight is 663 g/mol. The summed E-state index contributed by atoms with van der Waals surface area (Å²) >= 11 is 0. The predicted molar refractivity (Wildman–Crippen MR) is 179 cm³/mol. The molecule has 260 valence electrons. The molecular formula is C38H50N2O8. The number of hydrogen-bond acceptors (Lipinski definition) is 9. The van der Waals surface area contributed by atoms with Crippen LogP contribution in [0.4, 0.5) is 0 Å². The van der Waals surface area contributed by atoms with Gasteiger partial charge in [-0.05, 0) is 42.0 Å². The zero-order valence-electron chi connectivity index (χ0n) is 28.1. The number of nitrogens with zero attached hydrogens (tertiary/aromatic N) is 1. The number of benzene rings is 2. The smallest absolute Gasteiger partial charge is 0.327 e. The standard InChI is InChI=1S/C38H50N2O8/c1-3-5-9-19-37(20-10-6-4-2)46-31-30-24-38(36(44)39-21-22-41)33(35(43)45-30)40(48-34(38)32(31)47-37)25-27-15-11-13-26(23-27)14-12-17-28-16-7-8-18-29(28)42/h7-8,11-16,18,23,30-34,41-42H,3-6,9-10,17,19-22,24-25H2,1-2H3,(H,39,44)/t30?,31-,32-,33-,34+,38?/m0/s1. The van der Waals surface area contributed by atoms with Crippen molar-refractivity contribution in [2.75, 3.05) is 13.2 Å². The summed E-state index contributed by atoms with van der Waals surface area (Å²) in [6.07, 6.45) is 9.89. The number of rotatable bonds is 16. The maximum Gasteiger partial charge on any atom is 0.327 e. The van der Waals surface area contributed by atoms with Crippen molar-refractivity contribution in [2.45, 2.75) is 121 Å². The highest BCUT2D eigenvalue weighted by atomic mass is 16.8. The van der Waals surface area contributed by atoms with Crippen LogP contribution in [0.5, 0.6) is 5.75 Å². The summed E-state index contributed by atoms with van der Waals surface area (Å²) in [6.45, 7) is 4.43. The van der Waals surface area contributed by atoms with E-state index in [0.717, 1.165) is 68.1 Å². The number of hydroxylamine groups is 2. The van der Waals surface area contributed by atoms with Crippen molar-refractivity contribution in [1.29, 1.82) is 0 Å². The fourth-order valence-corrected chi connectivity index (χ4v) is 8.01. The molecular weight excluding hydrogens is 612 g/mol. The van der Waals surface area contributed by atoms with Crippen LogP contribution in [0.1, 0.15) is 88.3 Å². The SMILES string of the molecule is CCCCCC1(CCCCC)O[C@@H]2[C@H]3ON(Cc4cccc(C=CCc5ccccc5O)c4)[C@H]4C(=O)OC(CC34C(=O)NCCO)[C@@H]2O1. The van der Waals surface area contributed by atoms with Crippen LogP contribution in [0.15, 0.2) is 54.6 Å². The van der Waals surface area contributed by atoms with E-state index in [-0.39, 0.29) is 37.8 Å². The Balaban J connectivity index is 1.27. The molecule has 2 bridgehead atoms. The van der Waals surface area contributed by atoms with Crippen molar-refractivity contribution in [2.24, 2.45) is 5.41 Å². The number of allylic oxidation sites excluding steroid dienone is 1. The first-order valence-electron chi connectivity index (χ1n) is 17.7. The molecule has 10 nitrogen and oxygen atoms in total. The molecule has 6 atom stereocenters. The van der Waals surface area contributed by atoms with Crippen molar-refractivity contribution in [3.8, 4) is 5.75 Å². The Morgan fingerprint density at radius 2 is 1.77 bits per heavy atom. The second kappa shape index (κ2) is 15.1. The van der Waals surface area contributed by atoms with Crippen LogP contribution in [0.2, 0.25) is 0 Å². The minimum atomic E-state index is -1.27. The molecule has 3 N–H and O–H groups in total. The first kappa shape index (κ1) is 34.6. The highest BCUT2D eigenvalue weighted by molar-refractivity contribution is 5.93. The van der Waals surface area contributed by atoms with E-state index >= 15 is 0 Å². The summed E-state index contributed by atoms with van der Waals surface area (Å²) in [7, 11) is 0. The van der Waals surface area contributed by atoms with Gasteiger partial charge in [0.25, 0.3) is 0 Å². The lowest BCUT2D eigenvalue weighted by Gasteiger charge is -2.48. The number of aromatic hydroxyl groups is 1. The molecule has 48 heavy (non-hydrogen) atoms. The van der Waals surface area contributed by atoms with Gasteiger partial charge in [-0.2, -0.15) is 5.06 Å². The van der Waals surface area contributed by atoms with Gasteiger partial charge in [-0.3, -0.25) is 14.4 Å². The van der Waals surface area contributed by atoms with Crippen LogP contribution in [0.3, 0.4) is 0 Å². The second-order valence-electron chi connectivity index (χ2n) is 13.7. The van der Waals surface area contributed by atoms with E-state index in [4.69, 9.17) is 19.0 Å². The zero-order chi connectivity index (χ0) is 33.7. The number of phenolic OH excluding ortho intramolecular Hbond substituents is 1. The Hall–Kier alpha value is -3.28. The Kier molecular flexibility index (Phi) is 10.9. The lowest BCUT2D eigenvalue weighted by atomic mass is 9.62. The fraction of sp³-hybridized carbons (Fsp3) is 0.579. The van der Waals surface area contributed by atoms with Crippen molar-refractivity contribution >= 4 is 18.0 Å². The number of aliphatic hydroxyl groups is 1. The first-order valence-corrected chi connectivity index (χ1v) is 17.7. The third-order valence-corrected chi connectivity index (χ3v) is 10.3. The number of ether oxygens (including phenoxy) is 3. The van der Waals surface area contributed by atoms with Crippen LogP contribution >= 0.6 is 0 Å². The van der Waals surface area contributed by atoms with Crippen LogP contribution in [-0.4, -0.2) is 76.5 Å². The van der Waals surface area contributed by atoms with Crippen LogP contribution in [0, 0.1) is 5.41 Å². The van der Waals surface area contributed by atoms with Gasteiger partial charge in [0, 0.05) is 25.8 Å². The second-order valence-corrected chi connectivity index (χ2v) is 13.7. The Labute approximate surface area is 283 Å². The number of para-hydroxylation sites is 1. The highest BCUT2D eigenvalue weighted by Crippen LogP contribution is 2.58. The van der Waals surface area contributed by atoms with Gasteiger partial charge in [-0.15, -0.1) is 0 Å². The molecule has 0 spiro atoms. The molecule has 1 saturated carbocycles. The van der Waals surface area contributed by atoms with Crippen molar-refractivity contribution < 1.29 is 38.9 Å². The Morgan fingerprint density at radius 1 is 1.02 bits per heavy atom. The van der Waals surface area contributed by atoms with Crippen molar-refractivity contribution in [1.82, 2.24) is 10.4 Å². The van der Waals surface area contributed by atoms with Crippen molar-refractivity contribution in [3.63, 3.8) is 0 Å². The van der Waals surface area contributed by atoms with Crippen LogP contribution < -0.4 is 5.32 Å². The Morgan fingerprint density at radius 3 is 2.50 bits per heavy atom. The van der Waals surface area contributed by atoms with E-state index in [1.807, 2.05) is 48.6 Å². The van der Waals surface area contributed by atoms with Crippen LogP contribution in [0.25, 0.3) is 6.08 Å². The maximum atomic E-state index is 14.1. The topological polar surface area (TPSA) is 127 Å². The van der Waals surface area contributed by atoms with Gasteiger partial charge >= 0.3 is 5.97 Å². The minimum Gasteiger partial charge on any atom is -0.508 e. The Bertz CT molecular complexity index is 1450. The average Bonchev–Trinajstić information content (AvgIpc) is 3.63. The largest absolute Gasteiger partial charge is 0.508 e. The number of unbranched alkanes of at least 4 members (excludes halogenated alkanes) is 4. The van der Waals surface area contributed by atoms with E-state index in [0.29, 0.717) is 6.42 Å². The number of carbonyl (C=O) groups is 2. The molecule has 10 heteroatoms. The van der Waals surface area contributed by atoms with E-state index in [9.17, 15) is 19.8 Å². The maximum absolute atomic E-state index is 14.1. The number of carbonyl (C=O) groups excluding carboxylic acids is 2. The number of nitrogens with one attached hydrogen (secondary N) is 1. The predicted octanol–water partition coefficient (Wildman–Crippen LogP) is 5.20. The summed E-state index contributed by atoms with van der Waals surface area (Å²) < 4.78 is 19.8. The van der Waals surface area contributed by atoms with Gasteiger partial charge in [-0.1, -0.05) is 94.1 Å². The first-order chi connectivity index (χ1) is 23.3. The quantitative estimate of drug-likeness (QED) is 0.164. The van der Waals surface area contributed by atoms with Gasteiger partial charge in [-0.25, -0.2) is 0 Å². The number of aliphatic hydroxyl groups excluding tert-OH is 1. The summed E-state index contributed by atoms with van der Waals surface area (Å²) in [5.74, 6) is -1.41. The van der Waals surface area contributed by atoms with E-state index < -0.39 is 47.6 Å².